The summed E-state index contributed by atoms with van der Waals surface area (Å²) in [5, 5.41) is 0. The summed E-state index contributed by atoms with van der Waals surface area (Å²) < 4.78 is 5.86. The minimum absolute atomic E-state index is 0.197. The van der Waals surface area contributed by atoms with Gasteiger partial charge in [-0.25, -0.2) is 0 Å². The molecule has 2 fully saturated rings. The molecule has 2 N–H and O–H groups in total. The van der Waals surface area contributed by atoms with Crippen LogP contribution in [-0.4, -0.2) is 42.8 Å². The van der Waals surface area contributed by atoms with Crippen LogP contribution in [0, 0.1) is 5.92 Å². The van der Waals surface area contributed by atoms with Crippen molar-refractivity contribution >= 4 is 0 Å². The normalized spacial score (nSPS) is 30.9. The van der Waals surface area contributed by atoms with Crippen molar-refractivity contribution in [3.63, 3.8) is 0 Å². The predicted molar refractivity (Wildman–Crippen MR) is 71.0 cm³/mol. The number of rotatable bonds is 5. The SMILES string of the molecule is CCC1CN(C(C)(CN)CC2CC2)CCCO1. The zero-order valence-electron chi connectivity index (χ0n) is 11.5. The Kier molecular flexibility index (Phi) is 4.45. The number of nitrogens with two attached hydrogens (primary N) is 1. The van der Waals surface area contributed by atoms with Gasteiger partial charge in [-0.3, -0.25) is 4.90 Å². The molecular formula is C14H28N2O. The fraction of sp³-hybridized carbons (Fsp3) is 1.00. The number of ether oxygens (including phenoxy) is 1. The van der Waals surface area contributed by atoms with Gasteiger partial charge in [0.2, 0.25) is 0 Å². The molecule has 0 radical (unpaired) electrons. The second kappa shape index (κ2) is 5.68. The quantitative estimate of drug-likeness (QED) is 0.799. The summed E-state index contributed by atoms with van der Waals surface area (Å²) in [6.07, 6.45) is 6.77. The molecule has 0 aromatic heterocycles. The highest BCUT2D eigenvalue weighted by Crippen LogP contribution is 2.39. The summed E-state index contributed by atoms with van der Waals surface area (Å²) in [6, 6.07) is 0. The smallest absolute Gasteiger partial charge is 0.0699 e. The van der Waals surface area contributed by atoms with Gasteiger partial charge >= 0.3 is 0 Å². The van der Waals surface area contributed by atoms with Crippen LogP contribution in [0.5, 0.6) is 0 Å². The summed E-state index contributed by atoms with van der Waals surface area (Å²) in [5.41, 5.74) is 6.27. The topological polar surface area (TPSA) is 38.5 Å². The van der Waals surface area contributed by atoms with E-state index < -0.39 is 0 Å². The second-order valence-corrected chi connectivity index (χ2v) is 6.05. The fourth-order valence-corrected chi connectivity index (χ4v) is 2.92. The van der Waals surface area contributed by atoms with E-state index in [1.807, 2.05) is 0 Å². The molecular weight excluding hydrogens is 212 g/mol. The molecule has 2 aliphatic rings. The van der Waals surface area contributed by atoms with Gasteiger partial charge in [-0.2, -0.15) is 0 Å². The third-order valence-electron chi connectivity index (χ3n) is 4.43. The van der Waals surface area contributed by atoms with E-state index in [4.69, 9.17) is 10.5 Å². The Balaban J connectivity index is 1.99. The van der Waals surface area contributed by atoms with E-state index in [0.717, 1.165) is 45.0 Å². The van der Waals surface area contributed by atoms with E-state index in [1.54, 1.807) is 0 Å². The van der Waals surface area contributed by atoms with Gasteiger partial charge in [0, 0.05) is 31.8 Å². The molecule has 1 saturated carbocycles. The lowest BCUT2D eigenvalue weighted by atomic mass is 9.92. The Morgan fingerprint density at radius 1 is 1.41 bits per heavy atom. The lowest BCUT2D eigenvalue weighted by Crippen LogP contribution is -2.54. The van der Waals surface area contributed by atoms with E-state index in [1.165, 1.54) is 19.3 Å². The van der Waals surface area contributed by atoms with Gasteiger partial charge in [-0.05, 0) is 32.1 Å². The number of hydrogen-bond donors (Lipinski definition) is 1. The molecule has 1 heterocycles. The van der Waals surface area contributed by atoms with Crippen LogP contribution in [0.3, 0.4) is 0 Å². The summed E-state index contributed by atoms with van der Waals surface area (Å²) in [4.78, 5) is 2.60. The fourth-order valence-electron chi connectivity index (χ4n) is 2.92. The Bertz CT molecular complexity index is 242. The molecule has 2 rings (SSSR count). The van der Waals surface area contributed by atoms with E-state index in [9.17, 15) is 0 Å². The molecule has 2 atom stereocenters. The summed E-state index contributed by atoms with van der Waals surface area (Å²) in [6.45, 7) is 8.48. The molecule has 0 spiro atoms. The molecule has 1 aliphatic carbocycles. The lowest BCUT2D eigenvalue weighted by Gasteiger charge is -2.41. The van der Waals surface area contributed by atoms with Gasteiger partial charge in [-0.1, -0.05) is 19.8 Å². The van der Waals surface area contributed by atoms with Gasteiger partial charge in [0.05, 0.1) is 6.10 Å². The van der Waals surface area contributed by atoms with E-state index >= 15 is 0 Å². The van der Waals surface area contributed by atoms with Crippen molar-refractivity contribution in [3.8, 4) is 0 Å². The summed E-state index contributed by atoms with van der Waals surface area (Å²) in [7, 11) is 0. The standard InChI is InChI=1S/C14H28N2O/c1-3-13-10-16(7-4-8-17-13)14(2,11-15)9-12-5-6-12/h12-13H,3-11,15H2,1-2H3. The first kappa shape index (κ1) is 13.3. The maximum atomic E-state index is 6.07. The van der Waals surface area contributed by atoms with Crippen molar-refractivity contribution in [2.45, 2.75) is 57.6 Å². The summed E-state index contributed by atoms with van der Waals surface area (Å²) >= 11 is 0. The first-order valence-electron chi connectivity index (χ1n) is 7.24. The first-order valence-corrected chi connectivity index (χ1v) is 7.24. The zero-order chi connectivity index (χ0) is 12.3. The average molecular weight is 240 g/mol. The van der Waals surface area contributed by atoms with Crippen LogP contribution in [0.2, 0.25) is 0 Å². The maximum absolute atomic E-state index is 6.07. The van der Waals surface area contributed by atoms with Crippen molar-refractivity contribution in [2.75, 3.05) is 26.2 Å². The Morgan fingerprint density at radius 3 is 2.76 bits per heavy atom. The third-order valence-corrected chi connectivity index (χ3v) is 4.43. The Labute approximate surface area is 106 Å². The minimum atomic E-state index is 0.197. The molecule has 2 unspecified atom stereocenters. The highest BCUT2D eigenvalue weighted by Gasteiger charge is 2.38. The van der Waals surface area contributed by atoms with Gasteiger partial charge < -0.3 is 10.5 Å². The van der Waals surface area contributed by atoms with Crippen molar-refractivity contribution < 1.29 is 4.74 Å². The van der Waals surface area contributed by atoms with Crippen LogP contribution < -0.4 is 5.73 Å². The molecule has 100 valence electrons. The molecule has 0 amide bonds. The molecule has 0 bridgehead atoms. The van der Waals surface area contributed by atoms with Crippen molar-refractivity contribution in [1.29, 1.82) is 0 Å². The number of hydrogen-bond acceptors (Lipinski definition) is 3. The van der Waals surface area contributed by atoms with Gasteiger partial charge in [0.15, 0.2) is 0 Å². The average Bonchev–Trinajstić information content (AvgIpc) is 3.14. The Morgan fingerprint density at radius 2 is 2.18 bits per heavy atom. The lowest BCUT2D eigenvalue weighted by molar-refractivity contribution is 0.0265. The second-order valence-electron chi connectivity index (χ2n) is 6.05. The van der Waals surface area contributed by atoms with E-state index in [-0.39, 0.29) is 5.54 Å². The van der Waals surface area contributed by atoms with E-state index in [0.29, 0.717) is 6.10 Å². The van der Waals surface area contributed by atoms with E-state index in [2.05, 4.69) is 18.7 Å². The van der Waals surface area contributed by atoms with Crippen LogP contribution in [0.4, 0.5) is 0 Å². The zero-order valence-corrected chi connectivity index (χ0v) is 11.5. The van der Waals surface area contributed by atoms with Crippen LogP contribution in [0.25, 0.3) is 0 Å². The van der Waals surface area contributed by atoms with Crippen LogP contribution >= 0.6 is 0 Å². The minimum Gasteiger partial charge on any atom is -0.377 e. The van der Waals surface area contributed by atoms with Crippen LogP contribution in [0.15, 0.2) is 0 Å². The van der Waals surface area contributed by atoms with Gasteiger partial charge in [0.1, 0.15) is 0 Å². The largest absolute Gasteiger partial charge is 0.377 e. The predicted octanol–water partition coefficient (Wildman–Crippen LogP) is 2.00. The highest BCUT2D eigenvalue weighted by atomic mass is 16.5. The van der Waals surface area contributed by atoms with Crippen molar-refractivity contribution in [3.05, 3.63) is 0 Å². The summed E-state index contributed by atoms with van der Waals surface area (Å²) in [5.74, 6) is 0.938. The van der Waals surface area contributed by atoms with Crippen molar-refractivity contribution in [2.24, 2.45) is 11.7 Å². The third kappa shape index (κ3) is 3.43. The molecule has 0 aromatic carbocycles. The Hall–Kier alpha value is -0.120. The van der Waals surface area contributed by atoms with Gasteiger partial charge in [0.25, 0.3) is 0 Å². The number of nitrogens with zero attached hydrogens (tertiary/aromatic N) is 1. The monoisotopic (exact) mass is 240 g/mol. The van der Waals surface area contributed by atoms with Crippen LogP contribution in [-0.2, 0) is 4.74 Å². The van der Waals surface area contributed by atoms with Gasteiger partial charge in [-0.15, -0.1) is 0 Å². The maximum Gasteiger partial charge on any atom is 0.0699 e. The molecule has 3 nitrogen and oxygen atoms in total. The molecule has 3 heteroatoms. The molecule has 1 saturated heterocycles. The van der Waals surface area contributed by atoms with Crippen molar-refractivity contribution in [1.82, 2.24) is 4.90 Å². The molecule has 0 aromatic rings. The first-order chi connectivity index (χ1) is 8.18. The highest BCUT2D eigenvalue weighted by molar-refractivity contribution is 4.94. The molecule has 17 heavy (non-hydrogen) atoms. The van der Waals surface area contributed by atoms with Crippen LogP contribution in [0.1, 0.15) is 46.0 Å². The molecule has 1 aliphatic heterocycles.